The molecule has 0 saturated carbocycles. The van der Waals surface area contributed by atoms with Crippen molar-refractivity contribution in [3.8, 4) is 0 Å². The van der Waals surface area contributed by atoms with Crippen LogP contribution in [0.15, 0.2) is 0 Å². The molecule has 1 N–H and O–H groups in total. The molecule has 3 nitrogen and oxygen atoms in total. The third-order valence-corrected chi connectivity index (χ3v) is 3.11. The highest BCUT2D eigenvalue weighted by atomic mass is 16.4. The SMILES string of the molecule is CC(C)CC1CCCCN1CCC(=O)O. The molecule has 1 aliphatic heterocycles. The molecular formula is C12H23NO2. The molecule has 1 heterocycles. The number of carbonyl (C=O) groups is 1. The molecule has 3 heteroatoms. The lowest BCUT2D eigenvalue weighted by Crippen LogP contribution is -2.41. The Morgan fingerprint density at radius 2 is 2.20 bits per heavy atom. The van der Waals surface area contributed by atoms with Gasteiger partial charge in [-0.15, -0.1) is 0 Å². The van der Waals surface area contributed by atoms with E-state index in [4.69, 9.17) is 5.11 Å². The van der Waals surface area contributed by atoms with E-state index in [2.05, 4.69) is 18.7 Å². The van der Waals surface area contributed by atoms with Gasteiger partial charge in [0.1, 0.15) is 0 Å². The van der Waals surface area contributed by atoms with Crippen LogP contribution in [0.3, 0.4) is 0 Å². The second kappa shape index (κ2) is 6.11. The molecule has 0 bridgehead atoms. The predicted octanol–water partition coefficient (Wildman–Crippen LogP) is 2.36. The van der Waals surface area contributed by atoms with Crippen LogP contribution in [0.5, 0.6) is 0 Å². The van der Waals surface area contributed by atoms with Crippen molar-refractivity contribution in [2.24, 2.45) is 5.92 Å². The van der Waals surface area contributed by atoms with Crippen molar-refractivity contribution in [2.45, 2.75) is 52.0 Å². The fourth-order valence-electron chi connectivity index (χ4n) is 2.40. The first-order chi connectivity index (χ1) is 7.09. The van der Waals surface area contributed by atoms with Crippen LogP contribution in [0, 0.1) is 5.92 Å². The van der Waals surface area contributed by atoms with Crippen LogP contribution in [0.1, 0.15) is 46.0 Å². The summed E-state index contributed by atoms with van der Waals surface area (Å²) in [6.45, 7) is 6.30. The van der Waals surface area contributed by atoms with Crippen molar-refractivity contribution in [1.82, 2.24) is 4.90 Å². The Morgan fingerprint density at radius 1 is 1.47 bits per heavy atom. The summed E-state index contributed by atoms with van der Waals surface area (Å²) < 4.78 is 0. The Morgan fingerprint density at radius 3 is 2.80 bits per heavy atom. The maximum Gasteiger partial charge on any atom is 0.304 e. The van der Waals surface area contributed by atoms with Gasteiger partial charge in [0.15, 0.2) is 0 Å². The smallest absolute Gasteiger partial charge is 0.304 e. The molecule has 1 aliphatic rings. The summed E-state index contributed by atoms with van der Waals surface area (Å²) in [6, 6.07) is 0.623. The Labute approximate surface area is 92.5 Å². The monoisotopic (exact) mass is 213 g/mol. The molecule has 0 aromatic rings. The summed E-state index contributed by atoms with van der Waals surface area (Å²) in [5.41, 5.74) is 0. The van der Waals surface area contributed by atoms with Gasteiger partial charge >= 0.3 is 5.97 Å². The molecule has 0 spiro atoms. The van der Waals surface area contributed by atoms with Crippen LogP contribution in [0.25, 0.3) is 0 Å². The molecule has 0 aromatic carbocycles. The minimum atomic E-state index is -0.677. The number of likely N-dealkylation sites (tertiary alicyclic amines) is 1. The topological polar surface area (TPSA) is 40.5 Å². The van der Waals surface area contributed by atoms with E-state index in [-0.39, 0.29) is 6.42 Å². The highest BCUT2D eigenvalue weighted by Crippen LogP contribution is 2.22. The standard InChI is InChI=1S/C12H23NO2/c1-10(2)9-11-5-3-4-7-13(11)8-6-12(14)15/h10-11H,3-9H2,1-2H3,(H,14,15). The van der Waals surface area contributed by atoms with Crippen molar-refractivity contribution < 1.29 is 9.90 Å². The van der Waals surface area contributed by atoms with Gasteiger partial charge in [0.05, 0.1) is 6.42 Å². The van der Waals surface area contributed by atoms with Gasteiger partial charge in [0, 0.05) is 12.6 Å². The maximum atomic E-state index is 10.5. The molecule has 0 radical (unpaired) electrons. The number of piperidine rings is 1. The van der Waals surface area contributed by atoms with Crippen LogP contribution in [-0.4, -0.2) is 35.1 Å². The van der Waals surface area contributed by atoms with Gasteiger partial charge in [0.2, 0.25) is 0 Å². The van der Waals surface area contributed by atoms with Gasteiger partial charge < -0.3 is 5.11 Å². The van der Waals surface area contributed by atoms with Crippen molar-refractivity contribution in [1.29, 1.82) is 0 Å². The number of carboxylic acid groups (broad SMARTS) is 1. The summed E-state index contributed by atoms with van der Waals surface area (Å²) in [6.07, 6.45) is 5.28. The van der Waals surface area contributed by atoms with Crippen molar-refractivity contribution in [2.75, 3.05) is 13.1 Å². The first-order valence-electron chi connectivity index (χ1n) is 6.05. The third-order valence-electron chi connectivity index (χ3n) is 3.11. The molecule has 0 amide bonds. The Balaban J connectivity index is 2.38. The zero-order chi connectivity index (χ0) is 11.3. The van der Waals surface area contributed by atoms with Crippen LogP contribution >= 0.6 is 0 Å². The van der Waals surface area contributed by atoms with E-state index in [1.807, 2.05) is 0 Å². The van der Waals surface area contributed by atoms with Crippen molar-refractivity contribution >= 4 is 5.97 Å². The molecule has 1 rings (SSSR count). The van der Waals surface area contributed by atoms with E-state index in [0.717, 1.165) is 13.1 Å². The van der Waals surface area contributed by atoms with Gasteiger partial charge in [-0.05, 0) is 31.7 Å². The van der Waals surface area contributed by atoms with E-state index in [0.29, 0.717) is 12.0 Å². The Hall–Kier alpha value is -0.570. The number of hydrogen-bond donors (Lipinski definition) is 1. The molecule has 15 heavy (non-hydrogen) atoms. The molecule has 88 valence electrons. The number of aliphatic carboxylic acids is 1. The largest absolute Gasteiger partial charge is 0.481 e. The fraction of sp³-hybridized carbons (Fsp3) is 0.917. The van der Waals surface area contributed by atoms with E-state index in [1.165, 1.54) is 25.7 Å². The van der Waals surface area contributed by atoms with Gasteiger partial charge in [-0.2, -0.15) is 0 Å². The summed E-state index contributed by atoms with van der Waals surface area (Å²) >= 11 is 0. The van der Waals surface area contributed by atoms with E-state index >= 15 is 0 Å². The van der Waals surface area contributed by atoms with E-state index in [9.17, 15) is 4.79 Å². The van der Waals surface area contributed by atoms with Crippen LogP contribution in [-0.2, 0) is 4.79 Å². The van der Waals surface area contributed by atoms with Crippen LogP contribution in [0.4, 0.5) is 0 Å². The highest BCUT2D eigenvalue weighted by molar-refractivity contribution is 5.66. The van der Waals surface area contributed by atoms with Crippen molar-refractivity contribution in [3.63, 3.8) is 0 Å². The third kappa shape index (κ3) is 4.65. The lowest BCUT2D eigenvalue weighted by atomic mass is 9.94. The summed E-state index contributed by atoms with van der Waals surface area (Å²) in [7, 11) is 0. The van der Waals surface area contributed by atoms with Gasteiger partial charge in [-0.3, -0.25) is 9.69 Å². The van der Waals surface area contributed by atoms with E-state index in [1.54, 1.807) is 0 Å². The normalized spacial score (nSPS) is 23.3. The van der Waals surface area contributed by atoms with Gasteiger partial charge in [0.25, 0.3) is 0 Å². The number of rotatable bonds is 5. The molecule has 1 fully saturated rings. The molecule has 1 atom stereocenters. The summed E-state index contributed by atoms with van der Waals surface area (Å²) in [5.74, 6) is 0.0318. The predicted molar refractivity (Wildman–Crippen MR) is 60.9 cm³/mol. The van der Waals surface area contributed by atoms with Crippen molar-refractivity contribution in [3.05, 3.63) is 0 Å². The first kappa shape index (κ1) is 12.5. The second-order valence-electron chi connectivity index (χ2n) is 4.96. The highest BCUT2D eigenvalue weighted by Gasteiger charge is 2.23. The lowest BCUT2D eigenvalue weighted by molar-refractivity contribution is -0.137. The zero-order valence-electron chi connectivity index (χ0n) is 9.91. The summed E-state index contributed by atoms with van der Waals surface area (Å²) in [5, 5.41) is 8.69. The molecular weight excluding hydrogens is 190 g/mol. The minimum Gasteiger partial charge on any atom is -0.481 e. The molecule has 0 aromatic heterocycles. The number of hydrogen-bond acceptors (Lipinski definition) is 2. The Bertz CT molecular complexity index is 204. The quantitative estimate of drug-likeness (QED) is 0.762. The number of nitrogens with zero attached hydrogens (tertiary/aromatic N) is 1. The Kier molecular flexibility index (Phi) is 5.09. The first-order valence-corrected chi connectivity index (χ1v) is 6.05. The lowest BCUT2D eigenvalue weighted by Gasteiger charge is -2.36. The molecule has 1 unspecified atom stereocenters. The minimum absolute atomic E-state index is 0.286. The van der Waals surface area contributed by atoms with Crippen LogP contribution in [0.2, 0.25) is 0 Å². The molecule has 1 saturated heterocycles. The zero-order valence-corrected chi connectivity index (χ0v) is 9.91. The summed E-state index contributed by atoms with van der Waals surface area (Å²) in [4.78, 5) is 12.9. The average molecular weight is 213 g/mol. The average Bonchev–Trinajstić information content (AvgIpc) is 2.15. The maximum absolute atomic E-state index is 10.5. The fourth-order valence-corrected chi connectivity index (χ4v) is 2.40. The second-order valence-corrected chi connectivity index (χ2v) is 4.96. The molecule has 0 aliphatic carbocycles. The van der Waals surface area contributed by atoms with Gasteiger partial charge in [-0.25, -0.2) is 0 Å². The van der Waals surface area contributed by atoms with E-state index < -0.39 is 5.97 Å². The van der Waals surface area contributed by atoms with Gasteiger partial charge in [-0.1, -0.05) is 20.3 Å². The van der Waals surface area contributed by atoms with Crippen LogP contribution < -0.4 is 0 Å². The number of carboxylic acids is 1.